The minimum absolute atomic E-state index is 0.0699. The van der Waals surface area contributed by atoms with Crippen molar-refractivity contribution < 1.29 is 9.53 Å². The summed E-state index contributed by atoms with van der Waals surface area (Å²) in [5.74, 6) is -0.217. The van der Waals surface area contributed by atoms with E-state index in [4.69, 9.17) is 28.6 Å². The number of aryl methyl sites for hydroxylation is 1. The van der Waals surface area contributed by atoms with Crippen molar-refractivity contribution in [3.8, 4) is 5.69 Å². The van der Waals surface area contributed by atoms with E-state index in [0.29, 0.717) is 24.5 Å². The summed E-state index contributed by atoms with van der Waals surface area (Å²) in [7, 11) is 1.41. The van der Waals surface area contributed by atoms with Gasteiger partial charge in [0, 0.05) is 41.3 Å². The van der Waals surface area contributed by atoms with Crippen LogP contribution >= 0.6 is 23.8 Å². The highest BCUT2D eigenvalue weighted by Crippen LogP contribution is 2.42. The van der Waals surface area contributed by atoms with Crippen molar-refractivity contribution in [3.63, 3.8) is 0 Å². The summed E-state index contributed by atoms with van der Waals surface area (Å²) >= 11 is 12.2. The van der Waals surface area contributed by atoms with Gasteiger partial charge in [-0.1, -0.05) is 23.7 Å². The summed E-state index contributed by atoms with van der Waals surface area (Å²) in [5, 5.41) is 4.89. The van der Waals surface area contributed by atoms with Crippen LogP contribution in [0.2, 0.25) is 5.02 Å². The molecule has 2 aromatic heterocycles. The van der Waals surface area contributed by atoms with Crippen molar-refractivity contribution in [3.05, 3.63) is 81.9 Å². The second-order valence-electron chi connectivity index (χ2n) is 8.55. The molecule has 1 saturated heterocycles. The molecule has 3 aromatic rings. The minimum atomic E-state index is -0.217. The zero-order valence-corrected chi connectivity index (χ0v) is 21.4. The lowest BCUT2D eigenvalue weighted by atomic mass is 9.96. The van der Waals surface area contributed by atoms with Crippen molar-refractivity contribution >= 4 is 34.9 Å². The van der Waals surface area contributed by atoms with Crippen molar-refractivity contribution in [2.24, 2.45) is 0 Å². The molecule has 1 N–H and O–H groups in total. The average molecular weight is 497 g/mol. The third kappa shape index (κ3) is 4.55. The lowest BCUT2D eigenvalue weighted by Gasteiger charge is -2.28. The van der Waals surface area contributed by atoms with Crippen LogP contribution < -0.4 is 5.32 Å². The Morgan fingerprint density at radius 3 is 2.71 bits per heavy atom. The van der Waals surface area contributed by atoms with Crippen molar-refractivity contribution in [1.82, 2.24) is 19.8 Å². The van der Waals surface area contributed by atoms with Gasteiger partial charge < -0.3 is 19.5 Å². The number of pyridine rings is 1. The fourth-order valence-electron chi connectivity index (χ4n) is 4.78. The summed E-state index contributed by atoms with van der Waals surface area (Å²) in [5.41, 5.74) is 6.43. The van der Waals surface area contributed by atoms with E-state index in [1.54, 1.807) is 6.20 Å². The maximum Gasteiger partial charge on any atom is 0.305 e. The Labute approximate surface area is 210 Å². The zero-order valence-electron chi connectivity index (χ0n) is 19.8. The summed E-state index contributed by atoms with van der Waals surface area (Å²) in [6.45, 7) is 6.91. The number of aromatic nitrogens is 2. The highest BCUT2D eigenvalue weighted by Gasteiger charge is 2.41. The molecule has 0 bridgehead atoms. The number of rotatable bonds is 7. The first-order valence-electron chi connectivity index (χ1n) is 11.3. The van der Waals surface area contributed by atoms with Crippen molar-refractivity contribution in [1.29, 1.82) is 0 Å². The molecule has 1 aliphatic rings. The molecule has 3 heterocycles. The average Bonchev–Trinajstić information content (AvgIpc) is 3.31. The summed E-state index contributed by atoms with van der Waals surface area (Å²) < 4.78 is 7.07. The number of benzene rings is 1. The first-order chi connectivity index (χ1) is 16.3. The molecule has 1 aliphatic heterocycles. The van der Waals surface area contributed by atoms with E-state index >= 15 is 0 Å². The number of ether oxygens (including phenoxy) is 1. The van der Waals surface area contributed by atoms with Crippen LogP contribution in [0.1, 0.15) is 53.1 Å². The number of nitrogens with zero attached hydrogens (tertiary/aromatic N) is 3. The lowest BCUT2D eigenvalue weighted by molar-refractivity contribution is -0.140. The molecule has 0 saturated carbocycles. The van der Waals surface area contributed by atoms with Gasteiger partial charge in [-0.3, -0.25) is 9.78 Å². The maximum atomic E-state index is 11.7. The van der Waals surface area contributed by atoms with E-state index < -0.39 is 0 Å². The van der Waals surface area contributed by atoms with Crippen LogP contribution in [0.4, 0.5) is 0 Å². The van der Waals surface area contributed by atoms with Gasteiger partial charge in [0.2, 0.25) is 0 Å². The second-order valence-corrected chi connectivity index (χ2v) is 9.34. The van der Waals surface area contributed by atoms with Gasteiger partial charge in [-0.05, 0) is 80.9 Å². The van der Waals surface area contributed by atoms with Gasteiger partial charge in [-0.2, -0.15) is 0 Å². The molecule has 34 heavy (non-hydrogen) atoms. The van der Waals surface area contributed by atoms with Crippen LogP contribution in [-0.2, 0) is 9.53 Å². The molecule has 0 spiro atoms. The third-order valence-corrected chi connectivity index (χ3v) is 7.24. The topological polar surface area (TPSA) is 59.4 Å². The molecule has 1 fully saturated rings. The molecule has 0 unspecified atom stereocenters. The minimum Gasteiger partial charge on any atom is -0.469 e. The third-order valence-electron chi connectivity index (χ3n) is 6.47. The molecule has 6 nitrogen and oxygen atoms in total. The lowest BCUT2D eigenvalue weighted by Crippen LogP contribution is -2.31. The summed E-state index contributed by atoms with van der Waals surface area (Å²) in [6, 6.07) is 13.9. The molecule has 8 heteroatoms. The fourth-order valence-corrected chi connectivity index (χ4v) is 5.28. The molecule has 2 atom stereocenters. The highest BCUT2D eigenvalue weighted by molar-refractivity contribution is 7.80. The smallest absolute Gasteiger partial charge is 0.305 e. The van der Waals surface area contributed by atoms with Crippen molar-refractivity contribution in [2.75, 3.05) is 13.7 Å². The first-order valence-corrected chi connectivity index (χ1v) is 12.1. The maximum absolute atomic E-state index is 11.7. The van der Waals surface area contributed by atoms with Crippen molar-refractivity contribution in [2.45, 2.75) is 45.7 Å². The Kier molecular flexibility index (Phi) is 7.24. The fraction of sp³-hybridized carbons (Fsp3) is 0.346. The van der Waals surface area contributed by atoms with Crippen LogP contribution in [-0.4, -0.2) is 39.2 Å². The van der Waals surface area contributed by atoms with Crippen LogP contribution in [0.25, 0.3) is 5.69 Å². The number of hydrogen-bond donors (Lipinski definition) is 1. The van der Waals surface area contributed by atoms with Gasteiger partial charge in [0.15, 0.2) is 5.11 Å². The van der Waals surface area contributed by atoms with E-state index in [1.165, 1.54) is 7.11 Å². The van der Waals surface area contributed by atoms with Gasteiger partial charge in [0.05, 0.1) is 24.9 Å². The standard InChI is InChI=1S/C26H29ClN4O2S/c1-16-15-19(18(3)31(16)22-11-7-9-20(27)17(22)2)25-24(21-10-5-6-13-28-21)29-26(34)30(25)14-8-12-23(32)33-4/h5-7,9-11,13,15,24-25H,8,12,14H2,1-4H3,(H,29,34)/t24-,25-/m1/s1. The normalized spacial score (nSPS) is 17.7. The number of nitrogens with one attached hydrogen (secondary N) is 1. The van der Waals surface area contributed by atoms with E-state index in [9.17, 15) is 4.79 Å². The molecular formula is C26H29ClN4O2S. The summed E-state index contributed by atoms with van der Waals surface area (Å²) in [4.78, 5) is 18.5. The number of hydrogen-bond acceptors (Lipinski definition) is 4. The number of carbonyl (C=O) groups is 1. The summed E-state index contributed by atoms with van der Waals surface area (Å²) in [6.07, 6.45) is 2.79. The molecule has 0 aliphatic carbocycles. The van der Waals surface area contributed by atoms with Gasteiger partial charge in [-0.25, -0.2) is 0 Å². The quantitative estimate of drug-likeness (QED) is 0.350. The monoisotopic (exact) mass is 496 g/mol. The second kappa shape index (κ2) is 10.2. The Morgan fingerprint density at radius 2 is 2.00 bits per heavy atom. The Balaban J connectivity index is 1.78. The van der Waals surface area contributed by atoms with Crippen LogP contribution in [0.5, 0.6) is 0 Å². The number of esters is 1. The number of thiocarbonyl (C=S) groups is 1. The molecule has 0 amide bonds. The Bertz CT molecular complexity index is 1210. The van der Waals surface area contributed by atoms with E-state index in [-0.39, 0.29) is 18.1 Å². The van der Waals surface area contributed by atoms with Gasteiger partial charge in [-0.15, -0.1) is 0 Å². The van der Waals surface area contributed by atoms with Gasteiger partial charge >= 0.3 is 5.97 Å². The number of halogens is 1. The van der Waals surface area contributed by atoms with Crippen LogP contribution in [0.15, 0.2) is 48.7 Å². The Morgan fingerprint density at radius 1 is 1.21 bits per heavy atom. The van der Waals surface area contributed by atoms with Gasteiger partial charge in [0.1, 0.15) is 0 Å². The number of methoxy groups -OCH3 is 1. The predicted molar refractivity (Wildman–Crippen MR) is 138 cm³/mol. The largest absolute Gasteiger partial charge is 0.469 e. The Hall–Kier alpha value is -2.90. The highest BCUT2D eigenvalue weighted by atomic mass is 35.5. The predicted octanol–water partition coefficient (Wildman–Crippen LogP) is 5.38. The first kappa shape index (κ1) is 24.2. The molecular weight excluding hydrogens is 468 g/mol. The molecule has 4 rings (SSSR count). The zero-order chi connectivity index (χ0) is 24.4. The molecule has 0 radical (unpaired) electrons. The van der Waals surface area contributed by atoms with Crippen LogP contribution in [0, 0.1) is 20.8 Å². The van der Waals surface area contributed by atoms with E-state index in [2.05, 4.69) is 45.7 Å². The molecule has 1 aromatic carbocycles. The van der Waals surface area contributed by atoms with Crippen LogP contribution in [0.3, 0.4) is 0 Å². The van der Waals surface area contributed by atoms with E-state index in [1.807, 2.05) is 37.3 Å². The SMILES string of the molecule is COC(=O)CCCN1C(=S)N[C@H](c2ccccn2)[C@H]1c1cc(C)n(-c2cccc(Cl)c2C)c1C. The number of carbonyl (C=O) groups excluding carboxylic acids is 1. The molecule has 178 valence electrons. The van der Waals surface area contributed by atoms with E-state index in [0.717, 1.165) is 38.9 Å². The van der Waals surface area contributed by atoms with Gasteiger partial charge in [0.25, 0.3) is 0 Å².